The summed E-state index contributed by atoms with van der Waals surface area (Å²) in [5.74, 6) is 1.46. The molecule has 0 aliphatic rings. The minimum Gasteiger partial charge on any atom is -0.309 e. The van der Waals surface area contributed by atoms with Crippen molar-refractivity contribution in [2.45, 2.75) is 0 Å². The fourth-order valence-corrected chi connectivity index (χ4v) is 7.18. The van der Waals surface area contributed by atoms with Crippen LogP contribution in [0.2, 0.25) is 0 Å². The first-order valence-corrected chi connectivity index (χ1v) is 16.8. The third kappa shape index (κ3) is 4.68. The number of nitrogens with zero attached hydrogens (tertiary/aromatic N) is 6. The fraction of sp³-hybridized carbons (Fsp3) is 0. The molecule has 0 radical (unpaired) electrons. The lowest BCUT2D eigenvalue weighted by atomic mass is 10.1. The van der Waals surface area contributed by atoms with Crippen molar-refractivity contribution >= 4 is 43.6 Å². The van der Waals surface area contributed by atoms with Crippen molar-refractivity contribution in [3.8, 4) is 51.6 Å². The van der Waals surface area contributed by atoms with Gasteiger partial charge in [-0.15, -0.1) is 0 Å². The molecule has 3 heterocycles. The zero-order valence-corrected chi connectivity index (χ0v) is 27.5. The van der Waals surface area contributed by atoms with Crippen LogP contribution in [0, 0.1) is 11.3 Å². The molecule has 0 saturated heterocycles. The molecular formula is C46H28N6. The average molecular weight is 670 g/mol. The van der Waals surface area contributed by atoms with Gasteiger partial charge in [-0.25, -0.2) is 15.0 Å². The maximum absolute atomic E-state index is 10.8. The van der Waals surface area contributed by atoms with Crippen LogP contribution >= 0.6 is 0 Å². The van der Waals surface area contributed by atoms with E-state index < -0.39 is 18.1 Å². The highest BCUT2D eigenvalue weighted by molar-refractivity contribution is 6.19. The summed E-state index contributed by atoms with van der Waals surface area (Å²) in [4.78, 5) is 14.6. The maximum Gasteiger partial charge on any atom is 0.164 e. The van der Waals surface area contributed by atoms with Crippen LogP contribution in [0.1, 0.15) is 12.4 Å². The Kier molecular flexibility index (Phi) is 5.66. The van der Waals surface area contributed by atoms with E-state index in [1.54, 1.807) is 10.6 Å². The second-order valence-electron chi connectivity index (χ2n) is 12.4. The van der Waals surface area contributed by atoms with Crippen molar-refractivity contribution in [1.82, 2.24) is 24.1 Å². The van der Waals surface area contributed by atoms with Crippen LogP contribution in [-0.4, -0.2) is 24.1 Å². The summed E-state index contributed by atoms with van der Waals surface area (Å²) in [6, 6.07) is 45.4. The Balaban J connectivity index is 1.23. The van der Waals surface area contributed by atoms with Crippen molar-refractivity contribution in [2.24, 2.45) is 0 Å². The Morgan fingerprint density at radius 3 is 1.58 bits per heavy atom. The zero-order chi connectivity index (χ0) is 38.9. The highest BCUT2D eigenvalue weighted by atomic mass is 15.0. The highest BCUT2D eigenvalue weighted by Gasteiger charge is 2.20. The van der Waals surface area contributed by atoms with Crippen LogP contribution in [0.3, 0.4) is 0 Å². The van der Waals surface area contributed by atoms with Gasteiger partial charge in [0.2, 0.25) is 0 Å². The number of nitriles is 1. The van der Waals surface area contributed by atoms with Gasteiger partial charge in [0, 0.05) is 43.9 Å². The summed E-state index contributed by atoms with van der Waals surface area (Å²) in [5.41, 5.74) is 6.45. The molecule has 0 fully saturated rings. The van der Waals surface area contributed by atoms with E-state index in [1.165, 1.54) is 0 Å². The summed E-state index contributed by atoms with van der Waals surface area (Å²) in [7, 11) is 0. The van der Waals surface area contributed by atoms with Crippen molar-refractivity contribution in [3.05, 3.63) is 175 Å². The van der Waals surface area contributed by atoms with Gasteiger partial charge in [-0.05, 0) is 54.5 Å². The Morgan fingerprint density at radius 1 is 0.462 bits per heavy atom. The first-order valence-electron chi connectivity index (χ1n) is 19.3. The van der Waals surface area contributed by atoms with Gasteiger partial charge in [0.1, 0.15) is 6.07 Å². The lowest BCUT2D eigenvalue weighted by molar-refractivity contribution is 1.07. The predicted octanol–water partition coefficient (Wildman–Crippen LogP) is 10.9. The molecule has 3 aromatic heterocycles. The largest absolute Gasteiger partial charge is 0.309 e. The van der Waals surface area contributed by atoms with Gasteiger partial charge in [0.05, 0.1) is 40.2 Å². The molecule has 0 aliphatic heterocycles. The number of hydrogen-bond donors (Lipinski definition) is 0. The Bertz CT molecular complexity index is 3230. The minimum absolute atomic E-state index is 0.0679. The van der Waals surface area contributed by atoms with Crippen molar-refractivity contribution in [3.63, 3.8) is 0 Å². The van der Waals surface area contributed by atoms with Crippen LogP contribution in [-0.2, 0) is 0 Å². The molecule has 0 saturated carbocycles. The fourth-order valence-electron chi connectivity index (χ4n) is 7.18. The smallest absolute Gasteiger partial charge is 0.164 e. The molecule has 0 amide bonds. The van der Waals surface area contributed by atoms with Crippen molar-refractivity contribution < 1.29 is 6.85 Å². The molecule has 0 aliphatic carbocycles. The molecule has 6 heteroatoms. The van der Waals surface area contributed by atoms with E-state index in [0.29, 0.717) is 45.3 Å². The molecule has 0 spiro atoms. The Labute approximate surface area is 306 Å². The van der Waals surface area contributed by atoms with Crippen molar-refractivity contribution in [2.75, 3.05) is 0 Å². The van der Waals surface area contributed by atoms with Crippen LogP contribution in [0.5, 0.6) is 0 Å². The van der Waals surface area contributed by atoms with Crippen LogP contribution < -0.4 is 0 Å². The Morgan fingerprint density at radius 2 is 0.981 bits per heavy atom. The molecule has 0 atom stereocenters. The number of rotatable bonds is 5. The monoisotopic (exact) mass is 669 g/mol. The number of benzene rings is 7. The van der Waals surface area contributed by atoms with Gasteiger partial charge in [0.25, 0.3) is 0 Å². The number of aromatic nitrogens is 5. The van der Waals surface area contributed by atoms with Gasteiger partial charge >= 0.3 is 0 Å². The van der Waals surface area contributed by atoms with E-state index in [4.69, 9.17) is 21.8 Å². The molecule has 10 rings (SSSR count). The summed E-state index contributed by atoms with van der Waals surface area (Å²) in [5, 5.41) is 14.4. The number of para-hydroxylation sites is 3. The van der Waals surface area contributed by atoms with Crippen molar-refractivity contribution in [1.29, 1.82) is 5.26 Å². The average Bonchev–Trinajstić information content (AvgIpc) is 3.76. The van der Waals surface area contributed by atoms with Gasteiger partial charge < -0.3 is 9.13 Å². The van der Waals surface area contributed by atoms with E-state index in [1.807, 2.05) is 121 Å². The summed E-state index contributed by atoms with van der Waals surface area (Å²) in [6.45, 7) is 0. The van der Waals surface area contributed by atoms with Gasteiger partial charge in [-0.1, -0.05) is 115 Å². The third-order valence-corrected chi connectivity index (χ3v) is 9.49. The molecule has 0 unspecified atom stereocenters. The predicted molar refractivity (Wildman–Crippen MR) is 210 cm³/mol. The van der Waals surface area contributed by atoms with Gasteiger partial charge in [-0.2, -0.15) is 5.26 Å². The Hall–Kier alpha value is -7.36. The minimum atomic E-state index is -0.450. The first-order chi connectivity index (χ1) is 27.8. The van der Waals surface area contributed by atoms with E-state index >= 15 is 0 Å². The standard InChI is InChI=1S/C46H28N6/c47-29-33-26-32(46-49-44(30-14-4-1-5-15-30)48-45(50-46)31-16-6-2-7-17-31)24-25-39(33)52-41-23-13-11-21-36(41)38-27-37-35-20-10-12-22-40(35)51(42(37)28-43(38)52)34-18-8-3-9-19-34/h1-28H/i3D,8D,9D,18D,19D. The van der Waals surface area contributed by atoms with Crippen LogP contribution in [0.25, 0.3) is 89.2 Å². The number of fused-ring (bicyclic) bond motifs is 6. The quantitative estimate of drug-likeness (QED) is 0.183. The molecule has 242 valence electrons. The normalized spacial score (nSPS) is 12.8. The summed E-state index contributed by atoms with van der Waals surface area (Å²) < 4.78 is 46.8. The van der Waals surface area contributed by atoms with E-state index in [0.717, 1.165) is 43.7 Å². The molecule has 7 aromatic carbocycles. The summed E-state index contributed by atoms with van der Waals surface area (Å²) in [6.07, 6.45) is 0. The third-order valence-electron chi connectivity index (χ3n) is 9.49. The van der Waals surface area contributed by atoms with E-state index in [-0.39, 0.29) is 17.8 Å². The lowest BCUT2D eigenvalue weighted by Crippen LogP contribution is -2.02. The zero-order valence-electron chi connectivity index (χ0n) is 32.5. The molecule has 52 heavy (non-hydrogen) atoms. The SMILES string of the molecule is [2H]c1c([2H])c([2H])c(-n2c3ccccc3c3cc4c5ccccc5n(-c5ccc(-c6nc(-c7ccccc7)nc(-c7ccccc7)n6)cc5C#N)c4cc32)c([2H])c1[2H]. The molecule has 0 bridgehead atoms. The topological polar surface area (TPSA) is 72.3 Å². The highest BCUT2D eigenvalue weighted by Crippen LogP contribution is 2.40. The maximum atomic E-state index is 10.8. The van der Waals surface area contributed by atoms with Gasteiger partial charge in [0.15, 0.2) is 17.5 Å². The summed E-state index contributed by atoms with van der Waals surface area (Å²) >= 11 is 0. The van der Waals surface area contributed by atoms with Crippen LogP contribution in [0.15, 0.2) is 170 Å². The molecule has 0 N–H and O–H groups in total. The second kappa shape index (κ2) is 11.9. The van der Waals surface area contributed by atoms with E-state index in [9.17, 15) is 5.26 Å². The molecule has 6 nitrogen and oxygen atoms in total. The first kappa shape index (κ1) is 24.7. The van der Waals surface area contributed by atoms with E-state index in [2.05, 4.69) is 22.8 Å². The van der Waals surface area contributed by atoms with Crippen LogP contribution in [0.4, 0.5) is 0 Å². The molecule has 10 aromatic rings. The lowest BCUT2D eigenvalue weighted by Gasteiger charge is -2.13. The van der Waals surface area contributed by atoms with Gasteiger partial charge in [-0.3, -0.25) is 0 Å². The number of hydrogen-bond acceptors (Lipinski definition) is 4. The second-order valence-corrected chi connectivity index (χ2v) is 12.4. The molecular weight excluding hydrogens is 637 g/mol.